The van der Waals surface area contributed by atoms with Crippen molar-refractivity contribution in [3.8, 4) is 0 Å². The summed E-state index contributed by atoms with van der Waals surface area (Å²) in [4.78, 5) is 39.1. The van der Waals surface area contributed by atoms with Gasteiger partial charge in [-0.3, -0.25) is 19.7 Å². The molecule has 0 saturated heterocycles. The average Bonchev–Trinajstić information content (AvgIpc) is 2.46. The fourth-order valence-electron chi connectivity index (χ4n) is 1.71. The first kappa shape index (κ1) is 16.6. The van der Waals surface area contributed by atoms with Crippen LogP contribution < -0.4 is 10.6 Å². The van der Waals surface area contributed by atoms with Crippen LogP contribution in [0.4, 0.5) is 10.2 Å². The molecule has 0 spiro atoms. The van der Waals surface area contributed by atoms with Gasteiger partial charge in [-0.25, -0.2) is 9.37 Å². The summed E-state index contributed by atoms with van der Waals surface area (Å²) in [7, 11) is 0. The summed E-state index contributed by atoms with van der Waals surface area (Å²) in [5, 5.41) is 3.83. The molecule has 118 valence electrons. The highest BCUT2D eigenvalue weighted by molar-refractivity contribution is 6.43. The number of nitrogens with one attached hydrogen (secondary N) is 2. The molecule has 0 aliphatic heterocycles. The predicted molar refractivity (Wildman–Crippen MR) is 81.5 cm³/mol. The number of anilines is 1. The summed E-state index contributed by atoms with van der Waals surface area (Å²) in [5.41, 5.74) is 0.314. The lowest BCUT2D eigenvalue weighted by Gasteiger charge is -2.07. The Morgan fingerprint density at radius 3 is 2.57 bits per heavy atom. The maximum atomic E-state index is 13.6. The van der Waals surface area contributed by atoms with E-state index in [4.69, 9.17) is 11.6 Å². The Bertz CT molecular complexity index is 775. The molecule has 2 rings (SSSR count). The highest BCUT2D eigenvalue weighted by Gasteiger charge is 2.22. The Labute approximate surface area is 135 Å². The molecule has 0 saturated carbocycles. The second-order valence-electron chi connectivity index (χ2n) is 4.55. The minimum absolute atomic E-state index is 0.154. The minimum atomic E-state index is -1.25. The van der Waals surface area contributed by atoms with E-state index in [9.17, 15) is 18.8 Å². The summed E-state index contributed by atoms with van der Waals surface area (Å²) in [6.45, 7) is 1.78. The lowest BCUT2D eigenvalue weighted by Crippen LogP contribution is -2.39. The summed E-state index contributed by atoms with van der Waals surface area (Å²) < 4.78 is 13.6. The molecule has 6 nitrogen and oxygen atoms in total. The molecule has 0 fully saturated rings. The second-order valence-corrected chi connectivity index (χ2v) is 4.96. The molecule has 2 N–H and O–H groups in total. The van der Waals surface area contributed by atoms with Crippen LogP contribution in [0.3, 0.4) is 0 Å². The van der Waals surface area contributed by atoms with E-state index >= 15 is 0 Å². The van der Waals surface area contributed by atoms with E-state index in [1.54, 1.807) is 24.4 Å². The number of carbonyl (C=O) groups excluding carboxylic acids is 3. The first-order chi connectivity index (χ1) is 10.9. The smallest absolute Gasteiger partial charge is 0.302 e. The van der Waals surface area contributed by atoms with Crippen molar-refractivity contribution in [2.75, 3.05) is 5.32 Å². The van der Waals surface area contributed by atoms with Gasteiger partial charge in [0.05, 0.1) is 10.6 Å². The number of halogens is 2. The third-order valence-electron chi connectivity index (χ3n) is 2.78. The predicted octanol–water partition coefficient (Wildman–Crippen LogP) is 2.08. The lowest BCUT2D eigenvalue weighted by atomic mass is 10.2. The van der Waals surface area contributed by atoms with Gasteiger partial charge in [0, 0.05) is 6.20 Å². The molecule has 1 aromatic carbocycles. The number of imide groups is 1. The van der Waals surface area contributed by atoms with Crippen LogP contribution in [-0.4, -0.2) is 22.7 Å². The molecule has 0 bridgehead atoms. The van der Waals surface area contributed by atoms with Crippen molar-refractivity contribution in [2.45, 2.75) is 6.92 Å². The normalized spacial score (nSPS) is 10.0. The van der Waals surface area contributed by atoms with Crippen molar-refractivity contribution in [2.24, 2.45) is 0 Å². The van der Waals surface area contributed by atoms with Gasteiger partial charge in [0.2, 0.25) is 0 Å². The van der Waals surface area contributed by atoms with Gasteiger partial charge < -0.3 is 5.32 Å². The van der Waals surface area contributed by atoms with Gasteiger partial charge in [-0.05, 0) is 36.8 Å². The van der Waals surface area contributed by atoms with Crippen molar-refractivity contribution in [3.63, 3.8) is 0 Å². The standard InChI is InChI=1S/C15H11ClFN3O3/c1-8-5-6-18-11(7-8)19-14(22)15(23)20-13(21)12-9(16)3-2-4-10(12)17/h2-7H,1H3,(H,18,19,22)(H,20,21,23). The van der Waals surface area contributed by atoms with Gasteiger partial charge in [0.1, 0.15) is 11.6 Å². The summed E-state index contributed by atoms with van der Waals surface area (Å²) in [6, 6.07) is 6.87. The molecule has 0 aliphatic carbocycles. The number of hydrogen-bond donors (Lipinski definition) is 2. The van der Waals surface area contributed by atoms with Crippen LogP contribution in [0.25, 0.3) is 0 Å². The molecule has 0 radical (unpaired) electrons. The Hall–Kier alpha value is -2.80. The Morgan fingerprint density at radius 2 is 1.91 bits per heavy atom. The number of benzene rings is 1. The zero-order valence-electron chi connectivity index (χ0n) is 11.9. The van der Waals surface area contributed by atoms with Gasteiger partial charge in [0.25, 0.3) is 5.91 Å². The van der Waals surface area contributed by atoms with E-state index in [1.807, 2.05) is 0 Å². The van der Waals surface area contributed by atoms with E-state index in [1.165, 1.54) is 18.3 Å². The first-order valence-corrected chi connectivity index (χ1v) is 6.79. The van der Waals surface area contributed by atoms with E-state index < -0.39 is 29.1 Å². The van der Waals surface area contributed by atoms with Gasteiger partial charge in [-0.1, -0.05) is 17.7 Å². The monoisotopic (exact) mass is 335 g/mol. The largest absolute Gasteiger partial charge is 0.316 e. The molecule has 23 heavy (non-hydrogen) atoms. The summed E-state index contributed by atoms with van der Waals surface area (Å²) >= 11 is 5.71. The number of hydrogen-bond acceptors (Lipinski definition) is 4. The molecule has 1 aromatic heterocycles. The van der Waals surface area contributed by atoms with E-state index in [0.717, 1.165) is 11.6 Å². The third kappa shape index (κ3) is 4.10. The number of pyridine rings is 1. The molecular weight excluding hydrogens is 325 g/mol. The van der Waals surface area contributed by atoms with E-state index in [2.05, 4.69) is 10.3 Å². The van der Waals surface area contributed by atoms with Crippen LogP contribution in [0, 0.1) is 12.7 Å². The first-order valence-electron chi connectivity index (χ1n) is 6.42. The van der Waals surface area contributed by atoms with Crippen LogP contribution in [0.2, 0.25) is 5.02 Å². The van der Waals surface area contributed by atoms with Crippen LogP contribution in [0.1, 0.15) is 15.9 Å². The molecule has 8 heteroatoms. The zero-order valence-corrected chi connectivity index (χ0v) is 12.6. The number of aryl methyl sites for hydroxylation is 1. The molecule has 2 aromatic rings. The van der Waals surface area contributed by atoms with Crippen LogP contribution in [-0.2, 0) is 9.59 Å². The fraction of sp³-hybridized carbons (Fsp3) is 0.0667. The highest BCUT2D eigenvalue weighted by Crippen LogP contribution is 2.18. The number of carbonyl (C=O) groups is 3. The van der Waals surface area contributed by atoms with E-state index in [-0.39, 0.29) is 10.8 Å². The number of amides is 3. The maximum absolute atomic E-state index is 13.6. The van der Waals surface area contributed by atoms with Crippen molar-refractivity contribution in [1.82, 2.24) is 10.3 Å². The van der Waals surface area contributed by atoms with Gasteiger partial charge in [-0.2, -0.15) is 0 Å². The third-order valence-corrected chi connectivity index (χ3v) is 3.10. The Morgan fingerprint density at radius 1 is 1.17 bits per heavy atom. The molecule has 3 amide bonds. The summed E-state index contributed by atoms with van der Waals surface area (Å²) in [5.74, 6) is -4.21. The van der Waals surface area contributed by atoms with Crippen LogP contribution >= 0.6 is 11.6 Å². The maximum Gasteiger partial charge on any atom is 0.316 e. The quantitative estimate of drug-likeness (QED) is 0.822. The van der Waals surface area contributed by atoms with Crippen LogP contribution in [0.5, 0.6) is 0 Å². The molecule has 0 atom stereocenters. The van der Waals surface area contributed by atoms with Gasteiger partial charge >= 0.3 is 11.8 Å². The SMILES string of the molecule is Cc1ccnc(NC(=O)C(=O)NC(=O)c2c(F)cccc2Cl)c1. The molecule has 0 unspecified atom stereocenters. The molecule has 0 aliphatic rings. The topological polar surface area (TPSA) is 88.2 Å². The fourth-order valence-corrected chi connectivity index (χ4v) is 1.96. The van der Waals surface area contributed by atoms with Crippen molar-refractivity contribution in [1.29, 1.82) is 0 Å². The minimum Gasteiger partial charge on any atom is -0.302 e. The van der Waals surface area contributed by atoms with Gasteiger partial charge in [0.15, 0.2) is 0 Å². The van der Waals surface area contributed by atoms with E-state index in [0.29, 0.717) is 0 Å². The lowest BCUT2D eigenvalue weighted by molar-refractivity contribution is -0.135. The molecular formula is C15H11ClFN3O3. The molecule has 1 heterocycles. The van der Waals surface area contributed by atoms with Crippen molar-refractivity contribution >= 4 is 35.1 Å². The zero-order chi connectivity index (χ0) is 17.0. The Kier molecular flexibility index (Phi) is 5.02. The van der Waals surface area contributed by atoms with Gasteiger partial charge in [-0.15, -0.1) is 0 Å². The number of aromatic nitrogens is 1. The Balaban J connectivity index is 2.06. The number of rotatable bonds is 2. The second kappa shape index (κ2) is 6.97. The average molecular weight is 336 g/mol. The highest BCUT2D eigenvalue weighted by atomic mass is 35.5. The van der Waals surface area contributed by atoms with Crippen molar-refractivity contribution in [3.05, 3.63) is 58.5 Å². The van der Waals surface area contributed by atoms with Crippen molar-refractivity contribution < 1.29 is 18.8 Å². The van der Waals surface area contributed by atoms with Crippen LogP contribution in [0.15, 0.2) is 36.5 Å². The number of nitrogens with zero attached hydrogens (tertiary/aromatic N) is 1. The summed E-state index contributed by atoms with van der Waals surface area (Å²) in [6.07, 6.45) is 1.45.